The van der Waals surface area contributed by atoms with Gasteiger partial charge in [0.1, 0.15) is 10.8 Å². The number of nitrogens with two attached hydrogens (primary N) is 1. The molecule has 0 bridgehead atoms. The minimum atomic E-state index is -1.66. The van der Waals surface area contributed by atoms with Gasteiger partial charge in [0.25, 0.3) is 5.91 Å². The number of nitrogens with one attached hydrogen (secondary N) is 1. The summed E-state index contributed by atoms with van der Waals surface area (Å²) in [7, 11) is 1.51. The number of rotatable bonds is 5. The highest BCUT2D eigenvalue weighted by Crippen LogP contribution is 2.44. The molecule has 2 atom stereocenters. The minimum absolute atomic E-state index is 0.0337. The van der Waals surface area contributed by atoms with Crippen molar-refractivity contribution in [3.63, 3.8) is 0 Å². The maximum absolute atomic E-state index is 13.5. The quantitative estimate of drug-likeness (QED) is 0.607. The Labute approximate surface area is 184 Å². The molecule has 2 aromatic rings. The summed E-state index contributed by atoms with van der Waals surface area (Å²) in [6.07, 6.45) is -0.114. The highest BCUT2D eigenvalue weighted by molar-refractivity contribution is 6.32. The van der Waals surface area contributed by atoms with Crippen LogP contribution in [0.25, 0.3) is 0 Å². The number of aliphatic hydroxyl groups is 1. The topological polar surface area (TPSA) is 105 Å². The summed E-state index contributed by atoms with van der Waals surface area (Å²) in [6, 6.07) is 13.1. The highest BCUT2D eigenvalue weighted by atomic mass is 35.5. The maximum atomic E-state index is 13.5. The maximum Gasteiger partial charge on any atom is 0.315 e. The number of alkyl halides is 1. The molecule has 1 aliphatic rings. The summed E-state index contributed by atoms with van der Waals surface area (Å²) in [5.41, 5.74) is 5.30. The molecule has 1 saturated heterocycles. The van der Waals surface area contributed by atoms with E-state index in [1.165, 1.54) is 12.0 Å². The summed E-state index contributed by atoms with van der Waals surface area (Å²) < 4.78 is 5.14. The Hall–Kier alpha value is -2.48. The third-order valence-corrected chi connectivity index (χ3v) is 5.89. The molecule has 7 nitrogen and oxygen atoms in total. The van der Waals surface area contributed by atoms with Gasteiger partial charge in [0, 0.05) is 25.9 Å². The van der Waals surface area contributed by atoms with Crippen molar-refractivity contribution in [3.05, 3.63) is 64.7 Å². The van der Waals surface area contributed by atoms with Gasteiger partial charge in [-0.15, -0.1) is 0 Å². The molecular formula is C21H23Cl2N3O4. The lowest BCUT2D eigenvalue weighted by Gasteiger charge is -2.49. The van der Waals surface area contributed by atoms with Gasteiger partial charge in [-0.3, -0.25) is 4.79 Å². The number of urea groups is 1. The zero-order valence-corrected chi connectivity index (χ0v) is 17.9. The van der Waals surface area contributed by atoms with E-state index < -0.39 is 22.5 Å². The molecule has 3 rings (SSSR count). The number of nitrogens with zero attached hydrogens (tertiary/aromatic N) is 1. The Morgan fingerprint density at radius 2 is 1.97 bits per heavy atom. The fourth-order valence-electron chi connectivity index (χ4n) is 3.80. The fourth-order valence-corrected chi connectivity index (χ4v) is 4.36. The number of hydrogen-bond acceptors (Lipinski definition) is 4. The van der Waals surface area contributed by atoms with Crippen molar-refractivity contribution in [3.8, 4) is 5.75 Å². The number of hydrogen-bond donors (Lipinski definition) is 3. The van der Waals surface area contributed by atoms with Crippen LogP contribution in [0.15, 0.2) is 48.5 Å². The third kappa shape index (κ3) is 4.33. The van der Waals surface area contributed by atoms with E-state index in [4.69, 9.17) is 33.7 Å². The molecular weight excluding hydrogens is 429 g/mol. The van der Waals surface area contributed by atoms with Crippen molar-refractivity contribution >= 4 is 35.1 Å². The van der Waals surface area contributed by atoms with Crippen molar-refractivity contribution in [1.29, 1.82) is 0 Å². The minimum Gasteiger partial charge on any atom is -0.495 e. The zero-order valence-electron chi connectivity index (χ0n) is 16.4. The van der Waals surface area contributed by atoms with E-state index in [2.05, 4.69) is 5.32 Å². The lowest BCUT2D eigenvalue weighted by Crippen LogP contribution is -2.65. The smallest absolute Gasteiger partial charge is 0.315 e. The first kappa shape index (κ1) is 22.2. The Morgan fingerprint density at radius 1 is 1.27 bits per heavy atom. The summed E-state index contributed by atoms with van der Waals surface area (Å²) in [5.74, 6) is 0.0186. The molecule has 2 unspecified atom stereocenters. The number of primary amides is 1. The first-order chi connectivity index (χ1) is 14.2. The molecule has 3 amide bonds. The van der Waals surface area contributed by atoms with Crippen LogP contribution >= 0.6 is 23.2 Å². The SMILES string of the molecule is COc1ccc(CNC(=O)C2(c3ccccc3)CC(O)(Cl)CCN2C(N)=O)cc1Cl. The number of carbonyl (C=O) groups is 2. The molecule has 160 valence electrons. The molecule has 1 heterocycles. The van der Waals surface area contributed by atoms with Crippen molar-refractivity contribution < 1.29 is 19.4 Å². The predicted octanol–water partition coefficient (Wildman–Crippen LogP) is 2.96. The molecule has 0 spiro atoms. The van der Waals surface area contributed by atoms with Crippen LogP contribution in [-0.4, -0.2) is 40.7 Å². The lowest BCUT2D eigenvalue weighted by molar-refractivity contribution is -0.139. The molecule has 30 heavy (non-hydrogen) atoms. The molecule has 0 aliphatic carbocycles. The molecule has 1 aliphatic heterocycles. The molecule has 4 N–H and O–H groups in total. The number of amides is 3. The van der Waals surface area contributed by atoms with Crippen molar-refractivity contribution in [2.75, 3.05) is 13.7 Å². The van der Waals surface area contributed by atoms with Gasteiger partial charge in [-0.2, -0.15) is 0 Å². The summed E-state index contributed by atoms with van der Waals surface area (Å²) in [6.45, 7) is 0.177. The van der Waals surface area contributed by atoms with E-state index in [1.54, 1.807) is 48.5 Å². The number of benzene rings is 2. The Bertz CT molecular complexity index is 939. The summed E-state index contributed by atoms with van der Waals surface area (Å²) in [4.78, 5) is 27.0. The zero-order chi connectivity index (χ0) is 21.9. The number of halogens is 2. The van der Waals surface area contributed by atoms with Crippen LogP contribution in [0.2, 0.25) is 5.02 Å². The number of carbonyl (C=O) groups excluding carboxylic acids is 2. The van der Waals surface area contributed by atoms with E-state index in [-0.39, 0.29) is 25.9 Å². The number of methoxy groups -OCH3 is 1. The van der Waals surface area contributed by atoms with Gasteiger partial charge in [-0.1, -0.05) is 59.6 Å². The van der Waals surface area contributed by atoms with E-state index in [1.807, 2.05) is 0 Å². The van der Waals surface area contributed by atoms with Crippen LogP contribution in [0.4, 0.5) is 4.79 Å². The highest BCUT2D eigenvalue weighted by Gasteiger charge is 2.55. The van der Waals surface area contributed by atoms with Gasteiger partial charge in [-0.05, 0) is 23.3 Å². The van der Waals surface area contributed by atoms with Crippen LogP contribution < -0.4 is 15.8 Å². The van der Waals surface area contributed by atoms with Crippen LogP contribution in [0.1, 0.15) is 24.0 Å². The van der Waals surface area contributed by atoms with Crippen molar-refractivity contribution in [2.24, 2.45) is 5.73 Å². The van der Waals surface area contributed by atoms with E-state index in [9.17, 15) is 14.7 Å². The first-order valence-electron chi connectivity index (χ1n) is 9.34. The monoisotopic (exact) mass is 451 g/mol. The van der Waals surface area contributed by atoms with Crippen LogP contribution in [0, 0.1) is 0 Å². The number of piperidine rings is 1. The third-order valence-electron chi connectivity index (χ3n) is 5.27. The second kappa shape index (κ2) is 8.71. The largest absolute Gasteiger partial charge is 0.495 e. The normalized spacial score (nSPS) is 23.7. The van der Waals surface area contributed by atoms with Gasteiger partial charge in [0.05, 0.1) is 12.1 Å². The summed E-state index contributed by atoms with van der Waals surface area (Å²) in [5, 5.41) is 12.2. The summed E-state index contributed by atoms with van der Waals surface area (Å²) >= 11 is 12.4. The van der Waals surface area contributed by atoms with Crippen LogP contribution in [0.5, 0.6) is 5.75 Å². The van der Waals surface area contributed by atoms with E-state index in [0.29, 0.717) is 16.3 Å². The molecule has 2 aromatic carbocycles. The predicted molar refractivity (Wildman–Crippen MR) is 114 cm³/mol. The standard InChI is InChI=1S/C21H23Cl2N3O4/c1-30-17-8-7-14(11-16(17)22)12-25-18(27)21(15-5-3-2-4-6-15)13-20(23,29)9-10-26(21)19(24)28/h2-8,11,29H,9-10,12-13H2,1H3,(H2,24,28)(H,25,27). The average molecular weight is 452 g/mol. The lowest BCUT2D eigenvalue weighted by atomic mass is 9.78. The van der Waals surface area contributed by atoms with Crippen molar-refractivity contribution in [2.45, 2.75) is 30.0 Å². The molecule has 9 heteroatoms. The molecule has 0 aromatic heterocycles. The number of ether oxygens (including phenoxy) is 1. The van der Waals surface area contributed by atoms with E-state index in [0.717, 1.165) is 5.56 Å². The average Bonchev–Trinajstić information content (AvgIpc) is 2.71. The second-order valence-electron chi connectivity index (χ2n) is 7.21. The Balaban J connectivity index is 1.96. The molecule has 0 radical (unpaired) electrons. The van der Waals surface area contributed by atoms with Gasteiger partial charge >= 0.3 is 6.03 Å². The van der Waals surface area contributed by atoms with Gasteiger partial charge in [0.15, 0.2) is 5.54 Å². The van der Waals surface area contributed by atoms with Gasteiger partial charge < -0.3 is 25.8 Å². The van der Waals surface area contributed by atoms with Gasteiger partial charge in [0.2, 0.25) is 0 Å². The Kier molecular flexibility index (Phi) is 6.45. The second-order valence-corrected chi connectivity index (χ2v) is 8.32. The fraction of sp³-hybridized carbons (Fsp3) is 0.333. The first-order valence-corrected chi connectivity index (χ1v) is 10.1. The van der Waals surface area contributed by atoms with Gasteiger partial charge in [-0.25, -0.2) is 4.79 Å². The Morgan fingerprint density at radius 3 is 2.57 bits per heavy atom. The van der Waals surface area contributed by atoms with Crippen LogP contribution in [-0.2, 0) is 16.9 Å². The van der Waals surface area contributed by atoms with E-state index >= 15 is 0 Å². The van der Waals surface area contributed by atoms with Crippen molar-refractivity contribution in [1.82, 2.24) is 10.2 Å². The molecule has 0 saturated carbocycles. The van der Waals surface area contributed by atoms with Crippen LogP contribution in [0.3, 0.4) is 0 Å². The molecule has 1 fully saturated rings. The number of likely N-dealkylation sites (tertiary alicyclic amines) is 1.